The molecule has 0 heterocycles. The average Bonchev–Trinajstić information content (AvgIpc) is 2.39. The summed E-state index contributed by atoms with van der Waals surface area (Å²) in [6, 6.07) is 10.3. The minimum Gasteiger partial charge on any atom is -0.493 e. The van der Waals surface area contributed by atoms with Gasteiger partial charge in [0, 0.05) is 6.42 Å². The van der Waals surface area contributed by atoms with Crippen LogP contribution in [0.2, 0.25) is 0 Å². The molecule has 1 rings (SSSR count). The van der Waals surface area contributed by atoms with Crippen LogP contribution in [0.3, 0.4) is 0 Å². The number of hydrogen-bond donors (Lipinski definition) is 1. The summed E-state index contributed by atoms with van der Waals surface area (Å²) in [6.07, 6.45) is 1.67. The normalized spacial score (nSPS) is 13.8. The quantitative estimate of drug-likeness (QED) is 0.819. The highest BCUT2D eigenvalue weighted by molar-refractivity contribution is 5.28. The van der Waals surface area contributed by atoms with Gasteiger partial charge in [0.15, 0.2) is 0 Å². The number of hydrogen-bond acceptors (Lipinski definition) is 3. The van der Waals surface area contributed by atoms with E-state index in [2.05, 4.69) is 24.4 Å². The van der Waals surface area contributed by atoms with Crippen molar-refractivity contribution in [2.45, 2.75) is 32.2 Å². The third kappa shape index (κ3) is 4.08. The van der Waals surface area contributed by atoms with Crippen LogP contribution in [0.15, 0.2) is 24.3 Å². The van der Waals surface area contributed by atoms with Gasteiger partial charge in [-0.2, -0.15) is 5.26 Å². The molecular weight excluding hydrogens is 212 g/mol. The molecule has 0 radical (unpaired) electrons. The molecular formula is C14H20N2O. The van der Waals surface area contributed by atoms with Crippen molar-refractivity contribution in [3.63, 3.8) is 0 Å². The van der Waals surface area contributed by atoms with Crippen LogP contribution in [0.4, 0.5) is 0 Å². The summed E-state index contributed by atoms with van der Waals surface area (Å²) in [4.78, 5) is 0. The van der Waals surface area contributed by atoms with Gasteiger partial charge in [-0.25, -0.2) is 0 Å². The van der Waals surface area contributed by atoms with Crippen LogP contribution in [0, 0.1) is 11.3 Å². The van der Waals surface area contributed by atoms with E-state index in [-0.39, 0.29) is 0 Å². The predicted octanol–water partition coefficient (Wildman–Crippen LogP) is 2.52. The molecule has 0 bridgehead atoms. The Morgan fingerprint density at radius 2 is 2.24 bits per heavy atom. The van der Waals surface area contributed by atoms with Gasteiger partial charge in [-0.05, 0) is 38.1 Å². The largest absolute Gasteiger partial charge is 0.493 e. The maximum absolute atomic E-state index is 9.00. The Kier molecular flexibility index (Phi) is 4.99. The third-order valence-electron chi connectivity index (χ3n) is 2.98. The molecule has 3 nitrogen and oxygen atoms in total. The first-order chi connectivity index (χ1) is 8.13. The molecule has 1 unspecified atom stereocenters. The second-order valence-electron chi connectivity index (χ2n) is 4.29. The van der Waals surface area contributed by atoms with Crippen LogP contribution >= 0.6 is 0 Å². The van der Waals surface area contributed by atoms with E-state index in [1.807, 2.05) is 25.1 Å². The highest BCUT2D eigenvalue weighted by Crippen LogP contribution is 2.15. The van der Waals surface area contributed by atoms with Gasteiger partial charge in [-0.15, -0.1) is 0 Å². The van der Waals surface area contributed by atoms with E-state index in [0.717, 1.165) is 12.2 Å². The lowest BCUT2D eigenvalue weighted by molar-refractivity contribution is 0.272. The number of rotatable bonds is 6. The zero-order chi connectivity index (χ0) is 12.7. The smallest absolute Gasteiger partial charge is 0.119 e. The molecule has 0 spiro atoms. The Morgan fingerprint density at radius 1 is 1.47 bits per heavy atom. The Hall–Kier alpha value is -1.53. The fourth-order valence-electron chi connectivity index (χ4n) is 1.47. The molecule has 0 aliphatic rings. The van der Waals surface area contributed by atoms with Gasteiger partial charge >= 0.3 is 0 Å². The Morgan fingerprint density at radius 3 is 2.82 bits per heavy atom. The van der Waals surface area contributed by atoms with E-state index in [0.29, 0.717) is 13.0 Å². The molecule has 1 N–H and O–H groups in total. The van der Waals surface area contributed by atoms with Gasteiger partial charge in [0.1, 0.15) is 11.3 Å². The van der Waals surface area contributed by atoms with Crippen molar-refractivity contribution in [2.75, 3.05) is 13.7 Å². The number of nitrogens with zero attached hydrogens (tertiary/aromatic N) is 1. The van der Waals surface area contributed by atoms with Crippen LogP contribution in [0.1, 0.15) is 25.8 Å². The second-order valence-corrected chi connectivity index (χ2v) is 4.29. The van der Waals surface area contributed by atoms with Crippen LogP contribution in [0.25, 0.3) is 0 Å². The lowest BCUT2D eigenvalue weighted by Crippen LogP contribution is -2.39. The molecule has 0 saturated heterocycles. The molecule has 0 fully saturated rings. The van der Waals surface area contributed by atoms with Gasteiger partial charge in [0.2, 0.25) is 0 Å². The average molecular weight is 232 g/mol. The molecule has 0 saturated carbocycles. The number of nitriles is 1. The molecule has 1 aromatic rings. The standard InChI is InChI=1S/C14H20N2O/c1-4-12-6-5-7-13(10-12)17-9-8-14(2,11-15)16-3/h5-7,10,16H,4,8-9H2,1-3H3. The molecule has 3 heteroatoms. The number of aryl methyl sites for hydroxylation is 1. The van der Waals surface area contributed by atoms with Crippen molar-refractivity contribution < 1.29 is 4.74 Å². The molecule has 1 atom stereocenters. The Bertz CT molecular complexity index is 397. The number of ether oxygens (including phenoxy) is 1. The Balaban J connectivity index is 2.48. The summed E-state index contributed by atoms with van der Waals surface area (Å²) in [6.45, 7) is 4.53. The van der Waals surface area contributed by atoms with Crippen molar-refractivity contribution in [3.8, 4) is 11.8 Å². The summed E-state index contributed by atoms with van der Waals surface area (Å²) in [7, 11) is 1.79. The Labute approximate surface area is 103 Å². The fraction of sp³-hybridized carbons (Fsp3) is 0.500. The molecule has 92 valence electrons. The fourth-order valence-corrected chi connectivity index (χ4v) is 1.47. The van der Waals surface area contributed by atoms with Gasteiger partial charge in [0.25, 0.3) is 0 Å². The van der Waals surface area contributed by atoms with Crippen molar-refractivity contribution in [1.82, 2.24) is 5.32 Å². The van der Waals surface area contributed by atoms with E-state index in [1.54, 1.807) is 7.05 Å². The van der Waals surface area contributed by atoms with E-state index in [4.69, 9.17) is 10.00 Å². The monoisotopic (exact) mass is 232 g/mol. The van der Waals surface area contributed by atoms with Crippen LogP contribution < -0.4 is 10.1 Å². The molecule has 1 aromatic carbocycles. The first-order valence-electron chi connectivity index (χ1n) is 5.95. The van der Waals surface area contributed by atoms with E-state index in [1.165, 1.54) is 5.56 Å². The molecule has 0 aromatic heterocycles. The molecule has 0 amide bonds. The molecule has 17 heavy (non-hydrogen) atoms. The number of benzene rings is 1. The maximum atomic E-state index is 9.00. The minimum atomic E-state index is -0.512. The minimum absolute atomic E-state index is 0.512. The van der Waals surface area contributed by atoms with Crippen molar-refractivity contribution in [3.05, 3.63) is 29.8 Å². The number of nitrogens with one attached hydrogen (secondary N) is 1. The molecule has 0 aliphatic carbocycles. The van der Waals surface area contributed by atoms with Crippen LogP contribution in [0.5, 0.6) is 5.75 Å². The lowest BCUT2D eigenvalue weighted by Gasteiger charge is -2.20. The summed E-state index contributed by atoms with van der Waals surface area (Å²) in [5.41, 5.74) is 0.752. The molecule has 0 aliphatic heterocycles. The predicted molar refractivity (Wildman–Crippen MR) is 69.0 cm³/mol. The second kappa shape index (κ2) is 6.27. The zero-order valence-electron chi connectivity index (χ0n) is 10.8. The van der Waals surface area contributed by atoms with E-state index in [9.17, 15) is 0 Å². The highest BCUT2D eigenvalue weighted by atomic mass is 16.5. The van der Waals surface area contributed by atoms with Gasteiger partial charge in [0.05, 0.1) is 12.7 Å². The van der Waals surface area contributed by atoms with E-state index < -0.39 is 5.54 Å². The first-order valence-corrected chi connectivity index (χ1v) is 5.95. The summed E-state index contributed by atoms with van der Waals surface area (Å²) in [5.74, 6) is 0.876. The highest BCUT2D eigenvalue weighted by Gasteiger charge is 2.20. The zero-order valence-corrected chi connectivity index (χ0v) is 10.8. The van der Waals surface area contributed by atoms with Crippen LogP contribution in [-0.2, 0) is 6.42 Å². The van der Waals surface area contributed by atoms with E-state index >= 15 is 0 Å². The maximum Gasteiger partial charge on any atom is 0.119 e. The topological polar surface area (TPSA) is 45.0 Å². The summed E-state index contributed by atoms with van der Waals surface area (Å²) >= 11 is 0. The summed E-state index contributed by atoms with van der Waals surface area (Å²) in [5, 5.41) is 12.0. The van der Waals surface area contributed by atoms with Gasteiger partial charge in [-0.1, -0.05) is 19.1 Å². The first kappa shape index (κ1) is 13.5. The van der Waals surface area contributed by atoms with Crippen molar-refractivity contribution in [1.29, 1.82) is 5.26 Å². The van der Waals surface area contributed by atoms with Crippen molar-refractivity contribution >= 4 is 0 Å². The van der Waals surface area contributed by atoms with Crippen molar-refractivity contribution in [2.24, 2.45) is 0 Å². The third-order valence-corrected chi connectivity index (χ3v) is 2.98. The SMILES string of the molecule is CCc1cccc(OCCC(C)(C#N)NC)c1. The van der Waals surface area contributed by atoms with Gasteiger partial charge in [-0.3, -0.25) is 0 Å². The van der Waals surface area contributed by atoms with Gasteiger partial charge < -0.3 is 10.1 Å². The summed E-state index contributed by atoms with van der Waals surface area (Å²) < 4.78 is 5.66. The lowest BCUT2D eigenvalue weighted by atomic mass is 10.0. The van der Waals surface area contributed by atoms with Crippen LogP contribution in [-0.4, -0.2) is 19.2 Å².